The van der Waals surface area contributed by atoms with Gasteiger partial charge in [-0.25, -0.2) is 0 Å². The van der Waals surface area contributed by atoms with E-state index >= 15 is 0 Å². The zero-order valence-corrected chi connectivity index (χ0v) is 13.4. The van der Waals surface area contributed by atoms with Gasteiger partial charge in [0.15, 0.2) is 0 Å². The van der Waals surface area contributed by atoms with E-state index < -0.39 is 0 Å². The highest BCUT2D eigenvalue weighted by Crippen LogP contribution is 2.20. The third-order valence-corrected chi connectivity index (χ3v) is 3.84. The second-order valence-electron chi connectivity index (χ2n) is 5.33. The molecule has 1 unspecified atom stereocenters. The number of hydrogen-bond acceptors (Lipinski definition) is 3. The van der Waals surface area contributed by atoms with Crippen LogP contribution in [0.1, 0.15) is 30.5 Å². The van der Waals surface area contributed by atoms with Crippen molar-refractivity contribution in [3.8, 4) is 0 Å². The van der Waals surface area contributed by atoms with Crippen LogP contribution in [0.2, 0.25) is 5.02 Å². The van der Waals surface area contributed by atoms with Gasteiger partial charge in [0.05, 0.1) is 12.2 Å². The molecule has 0 radical (unpaired) electrons. The molecule has 21 heavy (non-hydrogen) atoms. The van der Waals surface area contributed by atoms with Crippen LogP contribution >= 0.6 is 11.6 Å². The van der Waals surface area contributed by atoms with E-state index in [2.05, 4.69) is 30.2 Å². The Morgan fingerprint density at radius 2 is 2.05 bits per heavy atom. The molecule has 4 nitrogen and oxygen atoms in total. The number of hydrogen-bond donors (Lipinski definition) is 1. The van der Waals surface area contributed by atoms with Gasteiger partial charge in [-0.05, 0) is 31.2 Å². The summed E-state index contributed by atoms with van der Waals surface area (Å²) >= 11 is 5.92. The normalized spacial score (nSPS) is 12.8. The van der Waals surface area contributed by atoms with E-state index in [0.29, 0.717) is 6.54 Å². The second kappa shape index (κ2) is 7.59. The summed E-state index contributed by atoms with van der Waals surface area (Å²) in [5.74, 6) is 0. The van der Waals surface area contributed by atoms with Gasteiger partial charge in [0.1, 0.15) is 0 Å². The highest BCUT2D eigenvalue weighted by molar-refractivity contribution is 6.30. The fourth-order valence-electron chi connectivity index (χ4n) is 2.46. The van der Waals surface area contributed by atoms with Gasteiger partial charge < -0.3 is 5.73 Å². The van der Waals surface area contributed by atoms with E-state index in [-0.39, 0.29) is 6.04 Å². The smallest absolute Gasteiger partial charge is 0.0538 e. The van der Waals surface area contributed by atoms with Crippen LogP contribution in [-0.4, -0.2) is 28.3 Å². The quantitative estimate of drug-likeness (QED) is 0.855. The van der Waals surface area contributed by atoms with Crippen molar-refractivity contribution in [2.24, 2.45) is 5.73 Å². The van der Waals surface area contributed by atoms with Crippen molar-refractivity contribution < 1.29 is 0 Å². The standard InChI is InChI=1S/C16H23ClN4/c1-3-8-21-12-14(10-19-21)16(9-18)20(2)11-13-4-6-15(17)7-5-13/h4-7,10,12,16H,3,8-9,11,18H2,1-2H3. The number of rotatable bonds is 7. The molecule has 1 heterocycles. The lowest BCUT2D eigenvalue weighted by Crippen LogP contribution is -2.30. The number of aryl methyl sites for hydroxylation is 1. The van der Waals surface area contributed by atoms with Gasteiger partial charge in [-0.1, -0.05) is 30.7 Å². The maximum atomic E-state index is 5.97. The summed E-state index contributed by atoms with van der Waals surface area (Å²) in [7, 11) is 2.09. The molecule has 2 aromatic rings. The fourth-order valence-corrected chi connectivity index (χ4v) is 2.59. The minimum absolute atomic E-state index is 0.172. The van der Waals surface area contributed by atoms with Crippen LogP contribution in [0.25, 0.3) is 0 Å². The summed E-state index contributed by atoms with van der Waals surface area (Å²) in [6.45, 7) is 4.49. The fraction of sp³-hybridized carbons (Fsp3) is 0.438. The highest BCUT2D eigenvalue weighted by atomic mass is 35.5. The second-order valence-corrected chi connectivity index (χ2v) is 5.77. The molecular formula is C16H23ClN4. The Hall–Kier alpha value is -1.36. The largest absolute Gasteiger partial charge is 0.329 e. The lowest BCUT2D eigenvalue weighted by atomic mass is 10.1. The maximum absolute atomic E-state index is 5.97. The van der Waals surface area contributed by atoms with Crippen LogP contribution in [0.5, 0.6) is 0 Å². The number of aromatic nitrogens is 2. The molecule has 0 saturated heterocycles. The molecule has 0 saturated carbocycles. The molecule has 2 N–H and O–H groups in total. The Labute approximate surface area is 131 Å². The van der Waals surface area contributed by atoms with E-state index in [9.17, 15) is 0 Å². The van der Waals surface area contributed by atoms with Crippen molar-refractivity contribution in [2.75, 3.05) is 13.6 Å². The summed E-state index contributed by atoms with van der Waals surface area (Å²) < 4.78 is 1.98. The maximum Gasteiger partial charge on any atom is 0.0538 e. The van der Waals surface area contributed by atoms with Crippen LogP contribution in [0.3, 0.4) is 0 Å². The molecule has 0 aliphatic heterocycles. The summed E-state index contributed by atoms with van der Waals surface area (Å²) in [5.41, 5.74) is 8.36. The van der Waals surface area contributed by atoms with Crippen LogP contribution in [-0.2, 0) is 13.1 Å². The van der Waals surface area contributed by atoms with E-state index in [4.69, 9.17) is 17.3 Å². The number of nitrogens with zero attached hydrogens (tertiary/aromatic N) is 3. The third-order valence-electron chi connectivity index (χ3n) is 3.59. The molecule has 1 atom stereocenters. The number of likely N-dealkylation sites (N-methyl/N-ethyl adjacent to an activating group) is 1. The molecule has 0 fully saturated rings. The molecule has 0 aliphatic rings. The van der Waals surface area contributed by atoms with Gasteiger partial charge in [-0.3, -0.25) is 9.58 Å². The van der Waals surface area contributed by atoms with Crippen LogP contribution in [0.15, 0.2) is 36.7 Å². The predicted molar refractivity (Wildman–Crippen MR) is 87.2 cm³/mol. The van der Waals surface area contributed by atoms with Crippen LogP contribution in [0, 0.1) is 0 Å². The average Bonchev–Trinajstić information content (AvgIpc) is 2.91. The monoisotopic (exact) mass is 306 g/mol. The summed E-state index contributed by atoms with van der Waals surface area (Å²) in [6, 6.07) is 8.11. The van der Waals surface area contributed by atoms with E-state index in [1.54, 1.807) is 0 Å². The van der Waals surface area contributed by atoms with Crippen molar-refractivity contribution in [1.29, 1.82) is 0 Å². The number of benzene rings is 1. The number of halogens is 1. The van der Waals surface area contributed by atoms with Gasteiger partial charge in [0.2, 0.25) is 0 Å². The third kappa shape index (κ3) is 4.30. The van der Waals surface area contributed by atoms with E-state index in [1.165, 1.54) is 11.1 Å². The lowest BCUT2D eigenvalue weighted by Gasteiger charge is -2.26. The SMILES string of the molecule is CCCn1cc(C(CN)N(C)Cc2ccc(Cl)cc2)cn1. The topological polar surface area (TPSA) is 47.1 Å². The van der Waals surface area contributed by atoms with Crippen molar-refractivity contribution in [1.82, 2.24) is 14.7 Å². The van der Waals surface area contributed by atoms with Gasteiger partial charge in [-0.2, -0.15) is 5.10 Å². The average molecular weight is 307 g/mol. The zero-order chi connectivity index (χ0) is 15.2. The first-order chi connectivity index (χ1) is 10.1. The molecule has 0 spiro atoms. The summed E-state index contributed by atoms with van der Waals surface area (Å²) in [5, 5.41) is 5.15. The first-order valence-corrected chi connectivity index (χ1v) is 7.69. The summed E-state index contributed by atoms with van der Waals surface area (Å²) in [4.78, 5) is 2.25. The molecule has 1 aromatic carbocycles. The van der Waals surface area contributed by atoms with Gasteiger partial charge in [0, 0.05) is 36.4 Å². The molecule has 0 amide bonds. The van der Waals surface area contributed by atoms with Gasteiger partial charge in [0.25, 0.3) is 0 Å². The highest BCUT2D eigenvalue weighted by Gasteiger charge is 2.17. The van der Waals surface area contributed by atoms with Crippen LogP contribution < -0.4 is 5.73 Å². The number of nitrogens with two attached hydrogens (primary N) is 1. The molecule has 1 aromatic heterocycles. The molecule has 5 heteroatoms. The lowest BCUT2D eigenvalue weighted by molar-refractivity contribution is 0.241. The first-order valence-electron chi connectivity index (χ1n) is 7.31. The van der Waals surface area contributed by atoms with E-state index in [1.807, 2.05) is 35.1 Å². The molecule has 0 bridgehead atoms. The first kappa shape index (κ1) is 16.0. The zero-order valence-electron chi connectivity index (χ0n) is 12.7. The van der Waals surface area contributed by atoms with Crippen molar-refractivity contribution in [3.63, 3.8) is 0 Å². The summed E-state index contributed by atoms with van der Waals surface area (Å²) in [6.07, 6.45) is 5.10. The van der Waals surface area contributed by atoms with Crippen LogP contribution in [0.4, 0.5) is 0 Å². The Kier molecular flexibility index (Phi) is 5.79. The Balaban J connectivity index is 2.06. The molecule has 2 rings (SSSR count). The Morgan fingerprint density at radius 1 is 1.33 bits per heavy atom. The van der Waals surface area contributed by atoms with Gasteiger partial charge in [-0.15, -0.1) is 0 Å². The Morgan fingerprint density at radius 3 is 2.67 bits per heavy atom. The molecule has 0 aliphatic carbocycles. The minimum Gasteiger partial charge on any atom is -0.329 e. The van der Waals surface area contributed by atoms with Gasteiger partial charge >= 0.3 is 0 Å². The molecule has 114 valence electrons. The molecular weight excluding hydrogens is 284 g/mol. The Bertz CT molecular complexity index is 550. The van der Waals surface area contributed by atoms with E-state index in [0.717, 1.165) is 24.5 Å². The predicted octanol–water partition coefficient (Wildman–Crippen LogP) is 3.08. The van der Waals surface area contributed by atoms with Crippen molar-refractivity contribution in [3.05, 3.63) is 52.8 Å². The van der Waals surface area contributed by atoms with Crippen molar-refractivity contribution >= 4 is 11.6 Å². The minimum atomic E-state index is 0.172. The van der Waals surface area contributed by atoms with Crippen molar-refractivity contribution in [2.45, 2.75) is 32.5 Å².